The molecule has 2 fully saturated rings. The maximum atomic E-state index is 14.6. The van der Waals surface area contributed by atoms with Crippen LogP contribution in [0.3, 0.4) is 0 Å². The van der Waals surface area contributed by atoms with E-state index in [4.69, 9.17) is 0 Å². The van der Waals surface area contributed by atoms with Gasteiger partial charge in [0.25, 0.3) is 0 Å². The Hall–Kier alpha value is -1.70. The lowest BCUT2D eigenvalue weighted by Gasteiger charge is -2.37. The minimum absolute atomic E-state index is 0.436. The number of fused-ring (bicyclic) bond motifs is 1. The average Bonchev–Trinajstić information content (AvgIpc) is 2.86. The maximum Gasteiger partial charge on any atom is 0.166 e. The molecule has 0 radical (unpaired) electrons. The summed E-state index contributed by atoms with van der Waals surface area (Å²) in [4.78, 5) is 0. The Labute approximate surface area is 199 Å². The Kier molecular flexibility index (Phi) is 8.61. The Morgan fingerprint density at radius 2 is 1.55 bits per heavy atom. The number of unbranched alkanes of at least 4 members (excludes halogenated alkanes) is 1. The van der Waals surface area contributed by atoms with Gasteiger partial charge in [0.05, 0.1) is 0 Å². The van der Waals surface area contributed by atoms with Crippen molar-refractivity contribution in [3.05, 3.63) is 59.2 Å². The predicted octanol–water partition coefficient (Wildman–Crippen LogP) is 9.58. The monoisotopic (exact) mass is 452 g/mol. The highest BCUT2D eigenvalue weighted by atomic mass is 19.2. The minimum atomic E-state index is -0.678. The summed E-state index contributed by atoms with van der Waals surface area (Å²) in [5.41, 5.74) is 1.60. The number of hydrogen-bond donors (Lipinski definition) is 0. The Morgan fingerprint density at radius 3 is 2.21 bits per heavy atom. The van der Waals surface area contributed by atoms with E-state index in [0.29, 0.717) is 17.4 Å². The number of halogens is 2. The molecule has 0 N–H and O–H groups in total. The molecule has 4 rings (SSSR count). The molecule has 0 nitrogen and oxygen atoms in total. The van der Waals surface area contributed by atoms with Crippen molar-refractivity contribution < 1.29 is 8.78 Å². The maximum absolute atomic E-state index is 14.6. The molecule has 0 heterocycles. The molecule has 2 aromatic rings. The van der Waals surface area contributed by atoms with Crippen LogP contribution in [0.15, 0.2) is 36.4 Å². The van der Waals surface area contributed by atoms with Crippen molar-refractivity contribution in [3.8, 4) is 0 Å². The summed E-state index contributed by atoms with van der Waals surface area (Å²) >= 11 is 0. The molecule has 0 spiro atoms. The highest BCUT2D eigenvalue weighted by Gasteiger charge is 2.30. The van der Waals surface area contributed by atoms with E-state index in [1.807, 2.05) is 19.1 Å². The minimum Gasteiger partial charge on any atom is -0.203 e. The summed E-state index contributed by atoms with van der Waals surface area (Å²) in [6, 6.07) is 7.76. The molecule has 0 saturated heterocycles. The van der Waals surface area contributed by atoms with Gasteiger partial charge in [0.1, 0.15) is 0 Å². The third-order valence-corrected chi connectivity index (χ3v) is 8.62. The first-order chi connectivity index (χ1) is 16.1. The topological polar surface area (TPSA) is 0 Å². The molecular weight excluding hydrogens is 410 g/mol. The van der Waals surface area contributed by atoms with Crippen LogP contribution in [-0.4, -0.2) is 0 Å². The van der Waals surface area contributed by atoms with Crippen LogP contribution < -0.4 is 0 Å². The van der Waals surface area contributed by atoms with Crippen LogP contribution in [0.2, 0.25) is 0 Å². The van der Waals surface area contributed by atoms with E-state index in [1.165, 1.54) is 70.6 Å². The van der Waals surface area contributed by atoms with Gasteiger partial charge in [-0.25, -0.2) is 8.78 Å². The molecule has 0 amide bonds. The van der Waals surface area contributed by atoms with Crippen molar-refractivity contribution in [1.82, 2.24) is 0 Å². The zero-order valence-corrected chi connectivity index (χ0v) is 20.7. The normalized spacial score (nSPS) is 26.3. The van der Waals surface area contributed by atoms with E-state index in [0.717, 1.165) is 41.0 Å². The van der Waals surface area contributed by atoms with Gasteiger partial charge in [-0.3, -0.25) is 0 Å². The zero-order chi connectivity index (χ0) is 23.2. The molecule has 33 heavy (non-hydrogen) atoms. The van der Waals surface area contributed by atoms with Gasteiger partial charge in [-0.2, -0.15) is 0 Å². The second kappa shape index (κ2) is 11.6. The van der Waals surface area contributed by atoms with Gasteiger partial charge >= 0.3 is 0 Å². The molecule has 2 saturated carbocycles. The van der Waals surface area contributed by atoms with E-state index in [9.17, 15) is 8.78 Å². The van der Waals surface area contributed by atoms with Crippen LogP contribution in [0, 0.1) is 35.3 Å². The fourth-order valence-electron chi connectivity index (χ4n) is 6.43. The molecule has 0 aromatic heterocycles. The number of allylic oxidation sites excluding steroid dienone is 2. The first-order valence-electron chi connectivity index (χ1n) is 13.6. The number of aryl methyl sites for hydroxylation is 2. The zero-order valence-electron chi connectivity index (χ0n) is 20.7. The van der Waals surface area contributed by atoms with E-state index in [1.54, 1.807) is 6.07 Å². The van der Waals surface area contributed by atoms with Crippen LogP contribution in [0.5, 0.6) is 0 Å². The van der Waals surface area contributed by atoms with Gasteiger partial charge in [0.2, 0.25) is 0 Å². The largest absolute Gasteiger partial charge is 0.203 e. The lowest BCUT2D eigenvalue weighted by molar-refractivity contribution is 0.152. The van der Waals surface area contributed by atoms with Crippen molar-refractivity contribution in [1.29, 1.82) is 0 Å². The van der Waals surface area contributed by atoms with Crippen molar-refractivity contribution in [2.45, 2.75) is 97.3 Å². The van der Waals surface area contributed by atoms with E-state index in [-0.39, 0.29) is 0 Å². The molecule has 0 unspecified atom stereocenters. The number of rotatable bonds is 8. The van der Waals surface area contributed by atoms with Crippen molar-refractivity contribution >= 4 is 10.8 Å². The lowest BCUT2D eigenvalue weighted by Crippen LogP contribution is -2.25. The summed E-state index contributed by atoms with van der Waals surface area (Å²) in [6.07, 6.45) is 21.1. The van der Waals surface area contributed by atoms with E-state index < -0.39 is 11.6 Å². The second-order valence-electron chi connectivity index (χ2n) is 10.8. The van der Waals surface area contributed by atoms with Gasteiger partial charge in [-0.1, -0.05) is 57.4 Å². The van der Waals surface area contributed by atoms with Gasteiger partial charge in [-0.05, 0) is 117 Å². The summed E-state index contributed by atoms with van der Waals surface area (Å²) in [6.45, 7) is 4.12. The third kappa shape index (κ3) is 6.06. The van der Waals surface area contributed by atoms with Crippen molar-refractivity contribution in [3.63, 3.8) is 0 Å². The Balaban J connectivity index is 1.25. The third-order valence-electron chi connectivity index (χ3n) is 8.62. The van der Waals surface area contributed by atoms with Crippen LogP contribution >= 0.6 is 0 Å². The second-order valence-corrected chi connectivity index (χ2v) is 10.8. The quantitative estimate of drug-likeness (QED) is 0.350. The Morgan fingerprint density at radius 1 is 0.848 bits per heavy atom. The first-order valence-corrected chi connectivity index (χ1v) is 13.6. The molecule has 2 aliphatic rings. The highest BCUT2D eigenvalue weighted by Crippen LogP contribution is 2.42. The molecule has 2 aliphatic carbocycles. The van der Waals surface area contributed by atoms with Crippen LogP contribution in [0.4, 0.5) is 8.78 Å². The van der Waals surface area contributed by atoms with E-state index in [2.05, 4.69) is 25.1 Å². The number of benzene rings is 2. The van der Waals surface area contributed by atoms with Crippen molar-refractivity contribution in [2.24, 2.45) is 23.7 Å². The summed E-state index contributed by atoms with van der Waals surface area (Å²) < 4.78 is 28.8. The number of hydrogen-bond acceptors (Lipinski definition) is 0. The summed E-state index contributed by atoms with van der Waals surface area (Å²) in [5, 5.41) is 1.25. The molecule has 180 valence electrons. The van der Waals surface area contributed by atoms with Gasteiger partial charge in [0.15, 0.2) is 11.6 Å². The predicted molar refractivity (Wildman–Crippen MR) is 137 cm³/mol. The molecule has 2 aromatic carbocycles. The van der Waals surface area contributed by atoms with Gasteiger partial charge in [-0.15, -0.1) is 0 Å². The first kappa shape index (κ1) is 24.4. The van der Waals surface area contributed by atoms with Crippen molar-refractivity contribution in [2.75, 3.05) is 0 Å². The smallest absolute Gasteiger partial charge is 0.166 e. The van der Waals surface area contributed by atoms with Crippen LogP contribution in [0.1, 0.15) is 95.6 Å². The fraction of sp³-hybridized carbons (Fsp3) is 0.613. The molecular formula is C31H42F2. The SMILES string of the molecule is CCC/C=C/C1CCC(C2CCC(CCc3ccc4cc(CC)c(F)c(F)c4c3)CC2)CC1. The van der Waals surface area contributed by atoms with Crippen LogP contribution in [0.25, 0.3) is 10.8 Å². The molecule has 2 heteroatoms. The Bertz CT molecular complexity index is 928. The highest BCUT2D eigenvalue weighted by molar-refractivity contribution is 5.84. The van der Waals surface area contributed by atoms with Gasteiger partial charge < -0.3 is 0 Å². The standard InChI is InChI=1S/C31H42F2/c1-3-5-6-7-22-10-15-26(16-11-22)27-17-12-23(13-18-27)8-9-24-14-19-28-21-25(4-2)30(32)31(33)29(28)20-24/h6-7,14,19-23,26-27H,3-5,8-13,15-18H2,1-2H3/b7-6+. The average molecular weight is 453 g/mol. The van der Waals surface area contributed by atoms with Crippen LogP contribution in [-0.2, 0) is 12.8 Å². The molecule has 0 aliphatic heterocycles. The lowest BCUT2D eigenvalue weighted by atomic mass is 9.68. The fourth-order valence-corrected chi connectivity index (χ4v) is 6.43. The van der Waals surface area contributed by atoms with Gasteiger partial charge in [0, 0.05) is 5.39 Å². The molecule has 0 atom stereocenters. The van der Waals surface area contributed by atoms with E-state index >= 15 is 0 Å². The summed E-state index contributed by atoms with van der Waals surface area (Å²) in [7, 11) is 0. The summed E-state index contributed by atoms with van der Waals surface area (Å²) in [5.74, 6) is 2.15. The molecule has 0 bridgehead atoms.